The number of nitrogens with zero attached hydrogens (tertiary/aromatic N) is 6. The molecule has 2 aromatic carbocycles. The summed E-state index contributed by atoms with van der Waals surface area (Å²) in [6.45, 7) is 8.86. The van der Waals surface area contributed by atoms with Gasteiger partial charge in [0.25, 0.3) is 0 Å². The Bertz CT molecular complexity index is 1380. The van der Waals surface area contributed by atoms with Crippen LogP contribution in [0.15, 0.2) is 48.7 Å². The molecule has 0 spiro atoms. The van der Waals surface area contributed by atoms with Gasteiger partial charge in [-0.05, 0) is 43.3 Å². The lowest BCUT2D eigenvalue weighted by molar-refractivity contribution is 0.148. The van der Waals surface area contributed by atoms with Crippen molar-refractivity contribution in [3.63, 3.8) is 0 Å². The first-order valence-electron chi connectivity index (χ1n) is 13.6. The second-order valence-electron chi connectivity index (χ2n) is 10.0. The number of nitrogen functional groups attached to an aromatic ring is 1. The molecule has 1 aliphatic rings. The molecule has 3 N–H and O–H groups in total. The van der Waals surface area contributed by atoms with E-state index in [0.29, 0.717) is 23.6 Å². The van der Waals surface area contributed by atoms with Gasteiger partial charge in [0.1, 0.15) is 28.3 Å². The summed E-state index contributed by atoms with van der Waals surface area (Å²) >= 11 is 0. The van der Waals surface area contributed by atoms with Crippen LogP contribution in [0.1, 0.15) is 30.9 Å². The van der Waals surface area contributed by atoms with Crippen LogP contribution in [-0.4, -0.2) is 76.4 Å². The number of hydrogen-bond acceptors (Lipinski definition) is 9. The summed E-state index contributed by atoms with van der Waals surface area (Å²) < 4.78 is 13.8. The molecular formula is C29H38N8O2. The maximum atomic E-state index is 6.16. The van der Waals surface area contributed by atoms with E-state index < -0.39 is 0 Å². The molecule has 0 saturated carbocycles. The summed E-state index contributed by atoms with van der Waals surface area (Å²) in [4.78, 5) is 13.7. The van der Waals surface area contributed by atoms with Crippen LogP contribution >= 0.6 is 0 Å². The SMILES string of the molecule is CCCCNc1nc(N)nc2cnn(Cc3ccc(Oc4ccc(CN5CCN(C)CC5)cc4)cc3OC)c12. The van der Waals surface area contributed by atoms with Crippen molar-refractivity contribution in [2.75, 3.05) is 57.9 Å². The van der Waals surface area contributed by atoms with Gasteiger partial charge in [0, 0.05) is 50.9 Å². The van der Waals surface area contributed by atoms with Gasteiger partial charge in [-0.1, -0.05) is 25.5 Å². The normalized spacial score (nSPS) is 14.5. The predicted molar refractivity (Wildman–Crippen MR) is 155 cm³/mol. The number of piperazine rings is 1. The van der Waals surface area contributed by atoms with Crippen molar-refractivity contribution in [3.05, 3.63) is 59.8 Å². The highest BCUT2D eigenvalue weighted by Gasteiger charge is 2.16. The van der Waals surface area contributed by atoms with Crippen molar-refractivity contribution in [1.29, 1.82) is 0 Å². The summed E-state index contributed by atoms with van der Waals surface area (Å²) in [6.07, 6.45) is 3.84. The van der Waals surface area contributed by atoms with Gasteiger partial charge in [-0.2, -0.15) is 10.1 Å². The average molecular weight is 531 g/mol. The number of benzene rings is 2. The van der Waals surface area contributed by atoms with E-state index in [1.54, 1.807) is 13.3 Å². The van der Waals surface area contributed by atoms with E-state index in [-0.39, 0.29) is 5.95 Å². The fraction of sp³-hybridized carbons (Fsp3) is 0.414. The Morgan fingerprint density at radius 2 is 1.74 bits per heavy atom. The van der Waals surface area contributed by atoms with Crippen LogP contribution in [0.5, 0.6) is 17.2 Å². The van der Waals surface area contributed by atoms with E-state index >= 15 is 0 Å². The summed E-state index contributed by atoms with van der Waals surface area (Å²) in [5, 5.41) is 7.95. The van der Waals surface area contributed by atoms with Crippen molar-refractivity contribution in [3.8, 4) is 17.2 Å². The zero-order chi connectivity index (χ0) is 27.2. The van der Waals surface area contributed by atoms with Crippen LogP contribution < -0.4 is 20.5 Å². The number of rotatable bonds is 11. The number of nitrogens with one attached hydrogen (secondary N) is 1. The van der Waals surface area contributed by atoms with E-state index in [0.717, 1.165) is 74.7 Å². The quantitative estimate of drug-likeness (QED) is 0.276. The Labute approximate surface area is 229 Å². The van der Waals surface area contributed by atoms with E-state index in [2.05, 4.69) is 56.3 Å². The molecule has 206 valence electrons. The third-order valence-electron chi connectivity index (χ3n) is 7.07. The van der Waals surface area contributed by atoms with Gasteiger partial charge in [-0.3, -0.25) is 9.58 Å². The standard InChI is InChI=1S/C29H38N8O2/c1-4-5-12-31-28-27-25(33-29(30)34-28)18-32-37(27)20-22-8-11-24(17-26(22)38-3)39-23-9-6-21(7-10-23)19-36-15-13-35(2)14-16-36/h6-11,17-18H,4-5,12-16,19-20H2,1-3H3,(H3,30,31,33,34). The van der Waals surface area contributed by atoms with Gasteiger partial charge < -0.3 is 25.4 Å². The summed E-state index contributed by atoms with van der Waals surface area (Å²) in [6, 6.07) is 14.2. The topological polar surface area (TPSA) is 107 Å². The smallest absolute Gasteiger partial charge is 0.222 e. The van der Waals surface area contributed by atoms with E-state index in [4.69, 9.17) is 15.2 Å². The van der Waals surface area contributed by atoms with Crippen molar-refractivity contribution >= 4 is 22.8 Å². The highest BCUT2D eigenvalue weighted by molar-refractivity contribution is 5.86. The van der Waals surface area contributed by atoms with Gasteiger partial charge in [0.05, 0.1) is 19.9 Å². The second-order valence-corrected chi connectivity index (χ2v) is 10.0. The van der Waals surface area contributed by atoms with Gasteiger partial charge in [-0.25, -0.2) is 4.98 Å². The molecule has 0 aliphatic carbocycles. The average Bonchev–Trinajstić information content (AvgIpc) is 3.34. The fourth-order valence-corrected chi connectivity index (χ4v) is 4.79. The van der Waals surface area contributed by atoms with Crippen LogP contribution in [-0.2, 0) is 13.1 Å². The van der Waals surface area contributed by atoms with Crippen LogP contribution in [0, 0.1) is 0 Å². The van der Waals surface area contributed by atoms with Crippen LogP contribution in [0.25, 0.3) is 11.0 Å². The predicted octanol–water partition coefficient (Wildman–Crippen LogP) is 4.22. The molecule has 0 radical (unpaired) electrons. The van der Waals surface area contributed by atoms with Crippen LogP contribution in [0.4, 0.5) is 11.8 Å². The molecule has 0 bridgehead atoms. The lowest BCUT2D eigenvalue weighted by Crippen LogP contribution is -2.43. The number of methoxy groups -OCH3 is 1. The number of likely N-dealkylation sites (N-methyl/N-ethyl adjacent to an activating group) is 1. The minimum absolute atomic E-state index is 0.229. The highest BCUT2D eigenvalue weighted by Crippen LogP contribution is 2.30. The third-order valence-corrected chi connectivity index (χ3v) is 7.07. The maximum absolute atomic E-state index is 6.16. The van der Waals surface area contributed by atoms with Gasteiger partial charge >= 0.3 is 0 Å². The lowest BCUT2D eigenvalue weighted by atomic mass is 10.1. The molecule has 10 nitrogen and oxygen atoms in total. The number of aromatic nitrogens is 4. The van der Waals surface area contributed by atoms with Crippen molar-refractivity contribution < 1.29 is 9.47 Å². The Kier molecular flexibility index (Phi) is 8.43. The number of ether oxygens (including phenoxy) is 2. The first-order chi connectivity index (χ1) is 19.0. The molecule has 0 atom stereocenters. The van der Waals surface area contributed by atoms with Gasteiger partial charge in [0.15, 0.2) is 5.82 Å². The molecule has 4 aromatic rings. The van der Waals surface area contributed by atoms with Crippen molar-refractivity contribution in [2.45, 2.75) is 32.9 Å². The number of anilines is 2. The van der Waals surface area contributed by atoms with Gasteiger partial charge in [0.2, 0.25) is 5.95 Å². The van der Waals surface area contributed by atoms with Crippen molar-refractivity contribution in [1.82, 2.24) is 29.5 Å². The molecule has 1 saturated heterocycles. The second kappa shape index (κ2) is 12.3. The molecule has 3 heterocycles. The van der Waals surface area contributed by atoms with Crippen molar-refractivity contribution in [2.24, 2.45) is 0 Å². The zero-order valence-corrected chi connectivity index (χ0v) is 23.1. The number of unbranched alkanes of at least 4 members (excludes halogenated alkanes) is 1. The summed E-state index contributed by atoms with van der Waals surface area (Å²) in [7, 11) is 3.84. The van der Waals surface area contributed by atoms with Crippen LogP contribution in [0.3, 0.4) is 0 Å². The molecular weight excluding hydrogens is 492 g/mol. The van der Waals surface area contributed by atoms with Gasteiger partial charge in [-0.15, -0.1) is 0 Å². The number of hydrogen-bond donors (Lipinski definition) is 2. The Morgan fingerprint density at radius 3 is 2.49 bits per heavy atom. The maximum Gasteiger partial charge on any atom is 0.222 e. The number of fused-ring (bicyclic) bond motifs is 1. The molecule has 5 rings (SSSR count). The lowest BCUT2D eigenvalue weighted by Gasteiger charge is -2.32. The largest absolute Gasteiger partial charge is 0.496 e. The number of nitrogens with two attached hydrogens (primary N) is 1. The molecule has 0 unspecified atom stereocenters. The van der Waals surface area contributed by atoms with E-state index in [1.165, 1.54) is 5.56 Å². The first kappa shape index (κ1) is 26.7. The van der Waals surface area contributed by atoms with E-state index in [1.807, 2.05) is 35.0 Å². The first-order valence-corrected chi connectivity index (χ1v) is 13.6. The monoisotopic (exact) mass is 530 g/mol. The van der Waals surface area contributed by atoms with E-state index in [9.17, 15) is 0 Å². The Morgan fingerprint density at radius 1 is 0.974 bits per heavy atom. The molecule has 0 amide bonds. The third kappa shape index (κ3) is 6.58. The molecule has 39 heavy (non-hydrogen) atoms. The molecule has 1 fully saturated rings. The minimum atomic E-state index is 0.229. The highest BCUT2D eigenvalue weighted by atomic mass is 16.5. The summed E-state index contributed by atoms with van der Waals surface area (Å²) in [5.74, 6) is 3.15. The summed E-state index contributed by atoms with van der Waals surface area (Å²) in [5.41, 5.74) is 9.72. The molecule has 10 heteroatoms. The zero-order valence-electron chi connectivity index (χ0n) is 23.1. The molecule has 2 aromatic heterocycles. The fourth-order valence-electron chi connectivity index (χ4n) is 4.79. The minimum Gasteiger partial charge on any atom is -0.496 e. The van der Waals surface area contributed by atoms with Crippen LogP contribution in [0.2, 0.25) is 0 Å². The molecule has 1 aliphatic heterocycles. The Balaban J connectivity index is 1.28. The Hall–Kier alpha value is -3.89.